The maximum atomic E-state index is 13.1. The number of hydrogen-bond donors (Lipinski definition) is 0. The standard InChI is InChI=1S/C12H8F8N4/c13-10(14,15)3-2-9(5-21,6-22)7-24-4-1-8(23-24)11(16,17)12(18,19)20/h1,4H,2-3,7H2. The molecule has 0 atom stereocenters. The number of alkyl halides is 8. The molecule has 0 bridgehead atoms. The van der Waals surface area contributed by atoms with E-state index in [2.05, 4.69) is 5.10 Å². The van der Waals surface area contributed by atoms with Crippen LogP contribution in [-0.2, 0) is 12.5 Å². The predicted octanol–water partition coefficient (Wildman–Crippen LogP) is 3.91. The zero-order valence-corrected chi connectivity index (χ0v) is 11.6. The number of halogens is 8. The monoisotopic (exact) mass is 360 g/mol. The Morgan fingerprint density at radius 1 is 0.958 bits per heavy atom. The van der Waals surface area contributed by atoms with Crippen molar-refractivity contribution in [1.82, 2.24) is 9.78 Å². The first-order valence-electron chi connectivity index (χ1n) is 6.14. The smallest absolute Gasteiger partial charge is 0.270 e. The van der Waals surface area contributed by atoms with E-state index in [4.69, 9.17) is 10.5 Å². The lowest BCUT2D eigenvalue weighted by molar-refractivity contribution is -0.291. The molecule has 0 fully saturated rings. The molecule has 1 rings (SSSR count). The summed E-state index contributed by atoms with van der Waals surface area (Å²) in [4.78, 5) is 0. The summed E-state index contributed by atoms with van der Waals surface area (Å²) >= 11 is 0. The van der Waals surface area contributed by atoms with Gasteiger partial charge in [0.05, 0.1) is 18.7 Å². The van der Waals surface area contributed by atoms with E-state index in [0.29, 0.717) is 16.9 Å². The Bertz CT molecular complexity index is 644. The highest BCUT2D eigenvalue weighted by atomic mass is 19.4. The van der Waals surface area contributed by atoms with Gasteiger partial charge in [-0.1, -0.05) is 0 Å². The normalized spacial score (nSPS) is 13.4. The van der Waals surface area contributed by atoms with E-state index < -0.39 is 48.8 Å². The molecule has 0 aliphatic rings. The number of nitriles is 2. The number of nitrogens with zero attached hydrogens (tertiary/aromatic N) is 4. The third-order valence-corrected chi connectivity index (χ3v) is 3.01. The SMILES string of the molecule is N#CC(C#N)(CCC(F)(F)F)Cn1ccc(C(F)(F)C(F)(F)F)n1. The van der Waals surface area contributed by atoms with Crippen molar-refractivity contribution in [2.24, 2.45) is 5.41 Å². The van der Waals surface area contributed by atoms with Gasteiger partial charge in [-0.3, -0.25) is 4.68 Å². The molecule has 0 aliphatic heterocycles. The molecule has 4 nitrogen and oxygen atoms in total. The van der Waals surface area contributed by atoms with Gasteiger partial charge in [0.15, 0.2) is 5.41 Å². The Labute approximate surface area is 129 Å². The van der Waals surface area contributed by atoms with Gasteiger partial charge in [0.1, 0.15) is 5.69 Å². The van der Waals surface area contributed by atoms with Crippen molar-refractivity contribution in [3.63, 3.8) is 0 Å². The van der Waals surface area contributed by atoms with Crippen LogP contribution >= 0.6 is 0 Å². The topological polar surface area (TPSA) is 65.4 Å². The number of rotatable bonds is 5. The van der Waals surface area contributed by atoms with Crippen LogP contribution in [0.2, 0.25) is 0 Å². The fourth-order valence-corrected chi connectivity index (χ4v) is 1.68. The number of aromatic nitrogens is 2. The van der Waals surface area contributed by atoms with Crippen molar-refractivity contribution >= 4 is 0 Å². The molecule has 1 heterocycles. The van der Waals surface area contributed by atoms with Crippen molar-refractivity contribution in [3.05, 3.63) is 18.0 Å². The van der Waals surface area contributed by atoms with Crippen LogP contribution in [0.5, 0.6) is 0 Å². The molecule has 1 aromatic heterocycles. The first-order valence-corrected chi connectivity index (χ1v) is 6.14. The van der Waals surface area contributed by atoms with Crippen LogP contribution in [0.25, 0.3) is 0 Å². The first kappa shape index (κ1) is 19.7. The summed E-state index contributed by atoms with van der Waals surface area (Å²) in [5, 5.41) is 20.8. The summed E-state index contributed by atoms with van der Waals surface area (Å²) in [5.74, 6) is -5.27. The van der Waals surface area contributed by atoms with Crippen molar-refractivity contribution in [1.29, 1.82) is 10.5 Å². The lowest BCUT2D eigenvalue weighted by atomic mass is 9.86. The summed E-state index contributed by atoms with van der Waals surface area (Å²) in [6, 6.07) is 2.98. The molecular formula is C12H8F8N4. The van der Waals surface area contributed by atoms with E-state index >= 15 is 0 Å². The highest BCUT2D eigenvalue weighted by molar-refractivity contribution is 5.15. The predicted molar refractivity (Wildman–Crippen MR) is 61.1 cm³/mol. The van der Waals surface area contributed by atoms with Crippen LogP contribution in [-0.4, -0.2) is 22.1 Å². The van der Waals surface area contributed by atoms with E-state index in [1.54, 1.807) is 0 Å². The van der Waals surface area contributed by atoms with Gasteiger partial charge in [0.2, 0.25) is 0 Å². The summed E-state index contributed by atoms with van der Waals surface area (Å²) in [6.07, 6.45) is -12.4. The lowest BCUT2D eigenvalue weighted by Crippen LogP contribution is -2.34. The summed E-state index contributed by atoms with van der Waals surface area (Å²) in [6.45, 7) is -0.885. The first-order chi connectivity index (χ1) is 10.8. The average molecular weight is 360 g/mol. The van der Waals surface area contributed by atoms with Crippen LogP contribution in [0.15, 0.2) is 12.3 Å². The molecule has 0 aromatic carbocycles. The Morgan fingerprint density at radius 3 is 1.92 bits per heavy atom. The zero-order valence-electron chi connectivity index (χ0n) is 11.6. The van der Waals surface area contributed by atoms with Crippen LogP contribution in [0.3, 0.4) is 0 Å². The van der Waals surface area contributed by atoms with Gasteiger partial charge >= 0.3 is 18.3 Å². The maximum absolute atomic E-state index is 13.1. The van der Waals surface area contributed by atoms with Crippen LogP contribution < -0.4 is 0 Å². The summed E-state index contributed by atoms with van der Waals surface area (Å²) in [7, 11) is 0. The molecule has 0 aliphatic carbocycles. The van der Waals surface area contributed by atoms with E-state index in [-0.39, 0.29) is 0 Å². The Morgan fingerprint density at radius 2 is 1.50 bits per heavy atom. The average Bonchev–Trinajstić information content (AvgIpc) is 2.90. The summed E-state index contributed by atoms with van der Waals surface area (Å²) in [5.41, 5.74) is -3.96. The van der Waals surface area contributed by atoms with Crippen LogP contribution in [0.4, 0.5) is 35.1 Å². The molecule has 0 saturated heterocycles. The minimum atomic E-state index is -5.91. The minimum Gasteiger partial charge on any atom is -0.270 e. The van der Waals surface area contributed by atoms with E-state index in [1.807, 2.05) is 0 Å². The molecule has 0 N–H and O–H groups in total. The minimum absolute atomic E-state index is 0.316. The maximum Gasteiger partial charge on any atom is 0.459 e. The molecule has 12 heteroatoms. The van der Waals surface area contributed by atoms with Crippen molar-refractivity contribution in [2.75, 3.05) is 0 Å². The van der Waals surface area contributed by atoms with Gasteiger partial charge in [0.25, 0.3) is 0 Å². The van der Waals surface area contributed by atoms with Crippen molar-refractivity contribution < 1.29 is 35.1 Å². The molecule has 0 amide bonds. The van der Waals surface area contributed by atoms with Gasteiger partial charge in [0, 0.05) is 12.6 Å². The van der Waals surface area contributed by atoms with Gasteiger partial charge in [-0.05, 0) is 12.5 Å². The van der Waals surface area contributed by atoms with Gasteiger partial charge < -0.3 is 0 Å². The second-order valence-electron chi connectivity index (χ2n) is 4.89. The molecular weight excluding hydrogens is 352 g/mol. The third-order valence-electron chi connectivity index (χ3n) is 3.01. The van der Waals surface area contributed by atoms with E-state index in [0.717, 1.165) is 0 Å². The Kier molecular flexibility index (Phi) is 5.13. The fourth-order valence-electron chi connectivity index (χ4n) is 1.68. The fraction of sp³-hybridized carbons (Fsp3) is 0.583. The van der Waals surface area contributed by atoms with Gasteiger partial charge in [-0.25, -0.2) is 0 Å². The van der Waals surface area contributed by atoms with Crippen molar-refractivity contribution in [2.45, 2.75) is 37.7 Å². The van der Waals surface area contributed by atoms with E-state index in [9.17, 15) is 35.1 Å². The third kappa shape index (κ3) is 4.34. The molecule has 0 spiro atoms. The van der Waals surface area contributed by atoms with Crippen LogP contribution in [0.1, 0.15) is 18.5 Å². The second-order valence-corrected chi connectivity index (χ2v) is 4.89. The molecule has 0 saturated carbocycles. The highest BCUT2D eigenvalue weighted by Gasteiger charge is 2.60. The Hall–Kier alpha value is -2.37. The molecule has 24 heavy (non-hydrogen) atoms. The van der Waals surface area contributed by atoms with Gasteiger partial charge in [-0.2, -0.15) is 50.7 Å². The summed E-state index contributed by atoms with van der Waals surface area (Å²) < 4.78 is 99.9. The lowest BCUT2D eigenvalue weighted by Gasteiger charge is -2.20. The quantitative estimate of drug-likeness (QED) is 0.748. The molecule has 0 radical (unpaired) electrons. The van der Waals surface area contributed by atoms with E-state index in [1.165, 1.54) is 12.1 Å². The van der Waals surface area contributed by atoms with Crippen molar-refractivity contribution in [3.8, 4) is 12.1 Å². The molecule has 0 unspecified atom stereocenters. The van der Waals surface area contributed by atoms with Gasteiger partial charge in [-0.15, -0.1) is 0 Å². The zero-order chi connectivity index (χ0) is 18.8. The largest absolute Gasteiger partial charge is 0.459 e. The second kappa shape index (κ2) is 6.26. The molecule has 132 valence electrons. The number of hydrogen-bond acceptors (Lipinski definition) is 3. The van der Waals surface area contributed by atoms with Crippen LogP contribution in [0, 0.1) is 28.1 Å². The molecule has 1 aromatic rings. The highest BCUT2D eigenvalue weighted by Crippen LogP contribution is 2.43. The Balaban J connectivity index is 3.03.